The van der Waals surface area contributed by atoms with Crippen molar-refractivity contribution in [2.24, 2.45) is 11.3 Å². The van der Waals surface area contributed by atoms with Crippen LogP contribution in [0.4, 0.5) is 4.79 Å². The number of methoxy groups -OCH3 is 1. The van der Waals surface area contributed by atoms with Crippen molar-refractivity contribution in [2.75, 3.05) is 20.2 Å². The second-order valence-electron chi connectivity index (χ2n) is 14.5. The molecule has 3 amide bonds. The van der Waals surface area contributed by atoms with Gasteiger partial charge in [0, 0.05) is 25.5 Å². The van der Waals surface area contributed by atoms with E-state index in [9.17, 15) is 19.2 Å². The standard InChI is InChI=1S/C36H51N5O7/c1-8-24-30-20-41(31(24)21(2)42)34(44)32(36(4,5)6)39-35(45)48-29-15-12-18-40(22(3)43)28(29)14-11-9-10-13-26-33(47-30)38-27-19-23(46-7)16-17-25(27)37-26/h16-17,19,24,28-32H,8-15,18,20H2,1-7H3,(H,39,45)/t24-,28+,29-,30+,31-,32-/m1/s1. The van der Waals surface area contributed by atoms with Crippen LogP contribution in [0.5, 0.6) is 11.6 Å². The maximum atomic E-state index is 14.4. The number of ether oxygens (including phenoxy) is 3. The highest BCUT2D eigenvalue weighted by Gasteiger charge is 2.50. The Morgan fingerprint density at radius 3 is 2.44 bits per heavy atom. The summed E-state index contributed by atoms with van der Waals surface area (Å²) in [7, 11) is 1.60. The molecular formula is C36H51N5O7. The first kappa shape index (κ1) is 35.3. The fraction of sp³-hybridized carbons (Fsp3) is 0.667. The number of ketones is 1. The number of carbonyl (C=O) groups excluding carboxylic acids is 4. The number of piperidine rings is 1. The van der Waals surface area contributed by atoms with Gasteiger partial charge in [-0.15, -0.1) is 0 Å². The molecule has 0 aliphatic carbocycles. The minimum Gasteiger partial charge on any atom is -0.497 e. The van der Waals surface area contributed by atoms with Crippen molar-refractivity contribution in [3.05, 3.63) is 23.9 Å². The third-order valence-electron chi connectivity index (χ3n) is 10.1. The van der Waals surface area contributed by atoms with E-state index in [1.807, 2.05) is 50.8 Å². The Labute approximate surface area is 283 Å². The van der Waals surface area contributed by atoms with E-state index >= 15 is 0 Å². The zero-order chi connectivity index (χ0) is 34.7. The Morgan fingerprint density at radius 1 is 1.00 bits per heavy atom. The van der Waals surface area contributed by atoms with E-state index in [4.69, 9.17) is 24.2 Å². The number of nitrogens with one attached hydrogen (secondary N) is 1. The lowest BCUT2D eigenvalue weighted by atomic mass is 9.85. The first-order valence-electron chi connectivity index (χ1n) is 17.4. The van der Waals surface area contributed by atoms with Gasteiger partial charge < -0.3 is 29.3 Å². The molecule has 0 radical (unpaired) electrons. The Hall–Kier alpha value is -3.96. The largest absolute Gasteiger partial charge is 0.497 e. The smallest absolute Gasteiger partial charge is 0.408 e. The molecule has 12 heteroatoms. The molecule has 6 atom stereocenters. The van der Waals surface area contributed by atoms with Crippen molar-refractivity contribution in [3.63, 3.8) is 0 Å². The third-order valence-corrected chi connectivity index (χ3v) is 10.1. The fourth-order valence-corrected chi connectivity index (χ4v) is 7.64. The Kier molecular flexibility index (Phi) is 10.8. The number of Topliss-reactive ketones (excluding diaryl/α,β-unsaturated/α-hetero) is 1. The van der Waals surface area contributed by atoms with Gasteiger partial charge in [0.2, 0.25) is 17.7 Å². The second-order valence-corrected chi connectivity index (χ2v) is 14.5. The van der Waals surface area contributed by atoms with Crippen LogP contribution in [0.2, 0.25) is 0 Å². The van der Waals surface area contributed by atoms with Gasteiger partial charge in [-0.2, -0.15) is 0 Å². The number of nitrogens with zero attached hydrogens (tertiary/aromatic N) is 4. The van der Waals surface area contributed by atoms with Crippen LogP contribution in [-0.4, -0.2) is 94.0 Å². The van der Waals surface area contributed by atoms with Crippen molar-refractivity contribution in [1.82, 2.24) is 25.1 Å². The van der Waals surface area contributed by atoms with Gasteiger partial charge in [0.25, 0.3) is 0 Å². The second kappa shape index (κ2) is 14.7. The number of alkyl carbamates (subject to hydrolysis) is 1. The van der Waals surface area contributed by atoms with Gasteiger partial charge in [-0.1, -0.05) is 40.5 Å². The van der Waals surface area contributed by atoms with Crippen molar-refractivity contribution in [2.45, 2.75) is 123 Å². The van der Waals surface area contributed by atoms with Crippen LogP contribution in [0, 0.1) is 11.3 Å². The third kappa shape index (κ3) is 7.52. The number of hydrogen-bond donors (Lipinski definition) is 1. The van der Waals surface area contributed by atoms with E-state index in [1.165, 1.54) is 6.92 Å². The summed E-state index contributed by atoms with van der Waals surface area (Å²) in [5, 5.41) is 2.87. The minimum absolute atomic E-state index is 0.0483. The van der Waals surface area contributed by atoms with Gasteiger partial charge in [0.1, 0.15) is 29.7 Å². The molecule has 2 aromatic rings. The first-order valence-corrected chi connectivity index (χ1v) is 17.4. The Morgan fingerprint density at radius 2 is 1.77 bits per heavy atom. The molecule has 3 aliphatic heterocycles. The summed E-state index contributed by atoms with van der Waals surface area (Å²) < 4.78 is 18.1. The van der Waals surface area contributed by atoms with Crippen molar-refractivity contribution < 1.29 is 33.4 Å². The predicted octanol–water partition coefficient (Wildman–Crippen LogP) is 4.85. The Bertz CT molecular complexity index is 1520. The van der Waals surface area contributed by atoms with E-state index in [0.717, 1.165) is 36.9 Å². The van der Waals surface area contributed by atoms with Crippen LogP contribution in [0.15, 0.2) is 18.2 Å². The molecule has 2 fully saturated rings. The molecule has 2 saturated heterocycles. The molecular weight excluding hydrogens is 614 g/mol. The molecule has 4 heterocycles. The van der Waals surface area contributed by atoms with Gasteiger partial charge in [-0.3, -0.25) is 14.4 Å². The summed E-state index contributed by atoms with van der Waals surface area (Å²) in [6.45, 7) is 11.4. The van der Waals surface area contributed by atoms with Gasteiger partial charge in [0.15, 0.2) is 5.78 Å². The summed E-state index contributed by atoms with van der Waals surface area (Å²) in [5.74, 6) is 0.181. The maximum Gasteiger partial charge on any atom is 0.408 e. The monoisotopic (exact) mass is 665 g/mol. The van der Waals surface area contributed by atoms with Gasteiger partial charge >= 0.3 is 6.09 Å². The van der Waals surface area contributed by atoms with E-state index in [1.54, 1.807) is 18.9 Å². The molecule has 0 saturated carbocycles. The summed E-state index contributed by atoms with van der Waals surface area (Å²) in [6, 6.07) is 3.58. The molecule has 0 spiro atoms. The van der Waals surface area contributed by atoms with E-state index in [2.05, 4.69) is 5.32 Å². The normalized spacial score (nSPS) is 27.5. The lowest BCUT2D eigenvalue weighted by Gasteiger charge is -2.41. The number of rotatable bonds is 3. The summed E-state index contributed by atoms with van der Waals surface area (Å²) >= 11 is 0. The van der Waals surface area contributed by atoms with Gasteiger partial charge in [-0.25, -0.2) is 14.8 Å². The lowest BCUT2D eigenvalue weighted by molar-refractivity contribution is -0.141. The molecule has 262 valence electrons. The van der Waals surface area contributed by atoms with Crippen LogP contribution >= 0.6 is 0 Å². The van der Waals surface area contributed by atoms with Crippen LogP contribution in [0.25, 0.3) is 11.0 Å². The average molecular weight is 666 g/mol. The molecule has 1 aromatic carbocycles. The summed E-state index contributed by atoms with van der Waals surface area (Å²) in [6.07, 6.45) is 4.02. The highest BCUT2D eigenvalue weighted by Crippen LogP contribution is 2.36. The lowest BCUT2D eigenvalue weighted by Crippen LogP contribution is -2.58. The number of benzene rings is 1. The quantitative estimate of drug-likeness (QED) is 0.487. The van der Waals surface area contributed by atoms with Gasteiger partial charge in [0.05, 0.1) is 36.8 Å². The average Bonchev–Trinajstić information content (AvgIpc) is 3.41. The maximum absolute atomic E-state index is 14.4. The molecule has 5 rings (SSSR count). The predicted molar refractivity (Wildman–Crippen MR) is 180 cm³/mol. The van der Waals surface area contributed by atoms with Crippen LogP contribution < -0.4 is 14.8 Å². The van der Waals surface area contributed by atoms with Crippen LogP contribution in [0.3, 0.4) is 0 Å². The van der Waals surface area contributed by atoms with E-state index < -0.39 is 35.8 Å². The number of hydrogen-bond acceptors (Lipinski definition) is 9. The van der Waals surface area contributed by atoms with Crippen molar-refractivity contribution in [1.29, 1.82) is 0 Å². The van der Waals surface area contributed by atoms with Crippen molar-refractivity contribution in [3.8, 4) is 11.6 Å². The highest BCUT2D eigenvalue weighted by molar-refractivity contribution is 5.92. The molecule has 1 N–H and O–H groups in total. The first-order chi connectivity index (χ1) is 22.8. The molecule has 0 unspecified atom stereocenters. The van der Waals surface area contributed by atoms with Crippen molar-refractivity contribution >= 4 is 34.7 Å². The Balaban J connectivity index is 1.56. The van der Waals surface area contributed by atoms with E-state index in [0.29, 0.717) is 49.4 Å². The molecule has 48 heavy (non-hydrogen) atoms. The highest BCUT2D eigenvalue weighted by atomic mass is 16.6. The molecule has 1 aromatic heterocycles. The summed E-state index contributed by atoms with van der Waals surface area (Å²) in [4.78, 5) is 67.1. The number of fused-ring (bicyclic) bond motifs is 5. The number of amides is 3. The summed E-state index contributed by atoms with van der Waals surface area (Å²) in [5.41, 5.74) is 1.37. The van der Waals surface area contributed by atoms with Crippen LogP contribution in [0.1, 0.15) is 92.2 Å². The zero-order valence-electron chi connectivity index (χ0n) is 29.4. The number of aromatic nitrogens is 2. The number of likely N-dealkylation sites (tertiary alicyclic amines) is 1. The van der Waals surface area contributed by atoms with E-state index in [-0.39, 0.29) is 36.1 Å². The molecule has 12 nitrogen and oxygen atoms in total. The fourth-order valence-electron chi connectivity index (χ4n) is 7.64. The SMILES string of the molecule is CC[C@@H]1[C@@H]2CN(C(=O)[C@H](C(C)(C)C)NC(=O)O[C@@H]3CCCN(C(C)=O)[C@H]3CCCCCc3nc4ccc(OC)cc4nc3O2)[C@@H]1C(C)=O. The topological polar surface area (TPSA) is 140 Å². The zero-order valence-corrected chi connectivity index (χ0v) is 29.4. The van der Waals surface area contributed by atoms with Crippen LogP contribution in [-0.2, 0) is 25.5 Å². The number of aryl methyl sites for hydroxylation is 1. The molecule has 3 aliphatic rings. The minimum atomic E-state index is -0.976. The van der Waals surface area contributed by atoms with Gasteiger partial charge in [-0.05, 0) is 63.0 Å². The number of carbonyl (C=O) groups is 4. The molecule has 2 bridgehead atoms.